The van der Waals surface area contributed by atoms with E-state index in [1.54, 1.807) is 13.2 Å². The van der Waals surface area contributed by atoms with Crippen molar-refractivity contribution >= 4 is 12.2 Å². The van der Waals surface area contributed by atoms with Crippen LogP contribution in [-0.4, -0.2) is 22.2 Å². The van der Waals surface area contributed by atoms with Crippen LogP contribution in [0.1, 0.15) is 17.1 Å². The highest BCUT2D eigenvalue weighted by Gasteiger charge is 1.97. The van der Waals surface area contributed by atoms with E-state index in [0.717, 1.165) is 17.0 Å². The predicted octanol–water partition coefficient (Wildman–Crippen LogP) is 2.67. The number of methoxy groups -OCH3 is 1. The van der Waals surface area contributed by atoms with Gasteiger partial charge in [-0.25, -0.2) is 4.98 Å². The lowest BCUT2D eigenvalue weighted by atomic mass is 10.2. The van der Waals surface area contributed by atoms with Gasteiger partial charge in [-0.05, 0) is 30.7 Å². The van der Waals surface area contributed by atoms with E-state index < -0.39 is 0 Å². The Morgan fingerprint density at radius 3 is 2.44 bits per heavy atom. The lowest BCUT2D eigenvalue weighted by Gasteiger charge is -1.99. The van der Waals surface area contributed by atoms with Gasteiger partial charge in [0.1, 0.15) is 5.75 Å². The number of rotatable bonds is 3. The van der Waals surface area contributed by atoms with Crippen molar-refractivity contribution in [1.82, 2.24) is 9.97 Å². The summed E-state index contributed by atoms with van der Waals surface area (Å²) in [7, 11) is 1.63. The Hall–Kier alpha value is -2.36. The van der Waals surface area contributed by atoms with Crippen LogP contribution >= 0.6 is 0 Å². The summed E-state index contributed by atoms with van der Waals surface area (Å²) in [6.45, 7) is 1.81. The summed E-state index contributed by atoms with van der Waals surface area (Å²) in [5.74, 6) is 1.29. The number of hydrogen-bond acceptors (Lipinski definition) is 4. The monoisotopic (exact) mass is 242 g/mol. The fraction of sp³-hybridized carbons (Fsp3) is 0.143. The summed E-state index contributed by atoms with van der Waals surface area (Å²) in [4.78, 5) is 8.12. The van der Waals surface area contributed by atoms with Gasteiger partial charge in [0.15, 0.2) is 5.82 Å². The van der Waals surface area contributed by atoms with Crippen molar-refractivity contribution in [1.29, 1.82) is 0 Å². The Bertz CT molecular complexity index is 542. The molecule has 0 saturated carbocycles. The highest BCUT2D eigenvalue weighted by atomic mass is 16.5. The van der Waals surface area contributed by atoms with E-state index in [9.17, 15) is 5.11 Å². The van der Waals surface area contributed by atoms with Gasteiger partial charge in [0.25, 0.3) is 0 Å². The Kier molecular flexibility index (Phi) is 3.57. The van der Waals surface area contributed by atoms with E-state index in [0.29, 0.717) is 5.82 Å². The molecule has 4 heteroatoms. The van der Waals surface area contributed by atoms with Crippen LogP contribution in [0.15, 0.2) is 30.3 Å². The average molecular weight is 242 g/mol. The lowest BCUT2D eigenvalue weighted by Crippen LogP contribution is -1.90. The van der Waals surface area contributed by atoms with Crippen molar-refractivity contribution in [2.24, 2.45) is 0 Å². The lowest BCUT2D eigenvalue weighted by molar-refractivity contribution is 0.415. The average Bonchev–Trinajstić information content (AvgIpc) is 2.36. The van der Waals surface area contributed by atoms with Gasteiger partial charge in [0, 0.05) is 11.8 Å². The number of nitrogens with zero attached hydrogens (tertiary/aromatic N) is 2. The van der Waals surface area contributed by atoms with Crippen LogP contribution in [0.25, 0.3) is 12.2 Å². The van der Waals surface area contributed by atoms with E-state index in [2.05, 4.69) is 9.97 Å². The zero-order valence-corrected chi connectivity index (χ0v) is 10.3. The first-order valence-electron chi connectivity index (χ1n) is 5.54. The second-order valence-electron chi connectivity index (χ2n) is 3.83. The van der Waals surface area contributed by atoms with E-state index in [1.165, 1.54) is 6.07 Å². The molecule has 2 aromatic rings. The van der Waals surface area contributed by atoms with Crippen LogP contribution in [-0.2, 0) is 0 Å². The Balaban J connectivity index is 2.18. The fourth-order valence-electron chi connectivity index (χ4n) is 1.53. The summed E-state index contributed by atoms with van der Waals surface area (Å²) in [6.07, 6.45) is 3.64. The summed E-state index contributed by atoms with van der Waals surface area (Å²) in [5.41, 5.74) is 1.75. The number of aromatic nitrogens is 2. The van der Waals surface area contributed by atoms with Crippen LogP contribution in [0, 0.1) is 6.92 Å². The molecule has 1 N–H and O–H groups in total. The molecule has 0 spiro atoms. The first kappa shape index (κ1) is 12.1. The highest BCUT2D eigenvalue weighted by molar-refractivity contribution is 5.67. The molecule has 0 bridgehead atoms. The molecule has 4 nitrogen and oxygen atoms in total. The van der Waals surface area contributed by atoms with E-state index in [-0.39, 0.29) is 5.88 Å². The molecule has 0 unspecified atom stereocenters. The molecule has 18 heavy (non-hydrogen) atoms. The zero-order chi connectivity index (χ0) is 13.0. The molecule has 0 saturated heterocycles. The molecule has 0 aliphatic carbocycles. The fourth-order valence-corrected chi connectivity index (χ4v) is 1.53. The van der Waals surface area contributed by atoms with Crippen LogP contribution in [0.2, 0.25) is 0 Å². The minimum Gasteiger partial charge on any atom is -0.497 e. The molecule has 0 radical (unpaired) electrons. The molecular formula is C14H14N2O2. The third kappa shape index (κ3) is 3.07. The molecule has 92 valence electrons. The number of aryl methyl sites for hydroxylation is 1. The quantitative estimate of drug-likeness (QED) is 0.899. The molecule has 0 aliphatic rings. The van der Waals surface area contributed by atoms with Gasteiger partial charge in [0.05, 0.1) is 7.11 Å². The van der Waals surface area contributed by atoms with E-state index in [4.69, 9.17) is 4.74 Å². The Labute approximate surface area is 106 Å². The van der Waals surface area contributed by atoms with E-state index in [1.807, 2.05) is 37.3 Å². The Morgan fingerprint density at radius 2 is 1.83 bits per heavy atom. The van der Waals surface area contributed by atoms with Gasteiger partial charge < -0.3 is 9.84 Å². The molecule has 1 aromatic carbocycles. The van der Waals surface area contributed by atoms with E-state index >= 15 is 0 Å². The molecule has 2 rings (SSSR count). The minimum atomic E-state index is -0.0168. The second-order valence-corrected chi connectivity index (χ2v) is 3.83. The van der Waals surface area contributed by atoms with Crippen molar-refractivity contribution < 1.29 is 9.84 Å². The number of hydrogen-bond donors (Lipinski definition) is 1. The first-order valence-corrected chi connectivity index (χ1v) is 5.54. The molecule has 0 amide bonds. The first-order chi connectivity index (χ1) is 8.67. The second kappa shape index (κ2) is 5.31. The molecule has 0 fully saturated rings. The summed E-state index contributed by atoms with van der Waals surface area (Å²) >= 11 is 0. The van der Waals surface area contributed by atoms with Crippen molar-refractivity contribution in [3.63, 3.8) is 0 Å². The van der Waals surface area contributed by atoms with Crippen LogP contribution in [0.3, 0.4) is 0 Å². The van der Waals surface area contributed by atoms with Gasteiger partial charge in [-0.1, -0.05) is 18.2 Å². The molecule has 0 aliphatic heterocycles. The van der Waals surface area contributed by atoms with Gasteiger partial charge in [0.2, 0.25) is 5.88 Å². The summed E-state index contributed by atoms with van der Waals surface area (Å²) in [5, 5.41) is 9.36. The normalized spacial score (nSPS) is 10.8. The molecule has 0 atom stereocenters. The van der Waals surface area contributed by atoms with Crippen LogP contribution in [0.5, 0.6) is 11.6 Å². The molecule has 1 heterocycles. The van der Waals surface area contributed by atoms with Crippen LogP contribution < -0.4 is 4.74 Å². The number of benzene rings is 1. The van der Waals surface area contributed by atoms with Crippen molar-refractivity contribution in [3.05, 3.63) is 47.4 Å². The van der Waals surface area contributed by atoms with Crippen LogP contribution in [0.4, 0.5) is 0 Å². The topological polar surface area (TPSA) is 55.2 Å². The summed E-state index contributed by atoms with van der Waals surface area (Å²) in [6, 6.07) is 9.16. The largest absolute Gasteiger partial charge is 0.497 e. The maximum atomic E-state index is 9.36. The number of ether oxygens (including phenoxy) is 1. The SMILES string of the molecule is COc1ccc(/C=C/c2nc(C)cc(O)n2)cc1. The standard InChI is InChI=1S/C14H14N2O2/c1-10-9-14(17)16-13(15-10)8-5-11-3-6-12(18-2)7-4-11/h3-9H,1-2H3,(H,15,16,17)/b8-5+. The molecule has 1 aromatic heterocycles. The highest BCUT2D eigenvalue weighted by Crippen LogP contribution is 2.14. The van der Waals surface area contributed by atoms with Gasteiger partial charge >= 0.3 is 0 Å². The number of aromatic hydroxyl groups is 1. The van der Waals surface area contributed by atoms with Gasteiger partial charge in [-0.2, -0.15) is 4.98 Å². The van der Waals surface area contributed by atoms with Gasteiger partial charge in [-0.15, -0.1) is 0 Å². The zero-order valence-electron chi connectivity index (χ0n) is 10.3. The summed E-state index contributed by atoms with van der Waals surface area (Å²) < 4.78 is 5.08. The van der Waals surface area contributed by atoms with Crippen molar-refractivity contribution in [2.75, 3.05) is 7.11 Å². The van der Waals surface area contributed by atoms with Crippen molar-refractivity contribution in [2.45, 2.75) is 6.92 Å². The maximum absolute atomic E-state index is 9.36. The van der Waals surface area contributed by atoms with Gasteiger partial charge in [-0.3, -0.25) is 0 Å². The third-order valence-corrected chi connectivity index (χ3v) is 2.40. The minimum absolute atomic E-state index is 0.0168. The predicted molar refractivity (Wildman–Crippen MR) is 70.4 cm³/mol. The van der Waals surface area contributed by atoms with Crippen molar-refractivity contribution in [3.8, 4) is 11.6 Å². The molecular weight excluding hydrogens is 228 g/mol. The smallest absolute Gasteiger partial charge is 0.214 e. The third-order valence-electron chi connectivity index (χ3n) is 2.40. The maximum Gasteiger partial charge on any atom is 0.214 e. The Morgan fingerprint density at radius 1 is 1.11 bits per heavy atom.